The Kier molecular flexibility index (Phi) is 6.89. The molecule has 2 aromatic carbocycles. The Morgan fingerprint density at radius 1 is 1.22 bits per heavy atom. The third-order valence-electron chi connectivity index (χ3n) is 4.42. The fourth-order valence-corrected chi connectivity index (χ4v) is 4.62. The standard InChI is InChI=1S/C19H20Cl2N2O3S/c20-16-9-17(21)11-18(10-16)23(26)27-22-6-2-5-15(12-22)14-4-1-3-13(7-14)8-19(24)25/h1,3-4,7,9-11,15,26H,2,5-6,8,12H2,(H,24,25). The lowest BCUT2D eigenvalue weighted by molar-refractivity contribution is -0.136. The summed E-state index contributed by atoms with van der Waals surface area (Å²) in [5.41, 5.74) is 2.46. The number of rotatable bonds is 6. The Labute approximate surface area is 172 Å². The first kappa shape index (κ1) is 20.3. The van der Waals surface area contributed by atoms with Crippen LogP contribution in [0.2, 0.25) is 10.0 Å². The molecule has 0 saturated carbocycles. The third kappa shape index (κ3) is 5.77. The lowest BCUT2D eigenvalue weighted by Crippen LogP contribution is -2.32. The van der Waals surface area contributed by atoms with Crippen molar-refractivity contribution in [2.24, 2.45) is 0 Å². The number of hydrogen-bond acceptors (Lipinski definition) is 5. The lowest BCUT2D eigenvalue weighted by Gasteiger charge is -2.33. The van der Waals surface area contributed by atoms with Gasteiger partial charge in [0.1, 0.15) is 0 Å². The Hall–Kier alpha value is -1.44. The van der Waals surface area contributed by atoms with E-state index in [2.05, 4.69) is 4.31 Å². The van der Waals surface area contributed by atoms with Crippen LogP contribution in [-0.2, 0) is 11.2 Å². The molecule has 0 aliphatic carbocycles. The molecule has 0 radical (unpaired) electrons. The van der Waals surface area contributed by atoms with Crippen LogP contribution in [0.15, 0.2) is 42.5 Å². The first-order chi connectivity index (χ1) is 12.9. The Morgan fingerprint density at radius 2 is 1.96 bits per heavy atom. The zero-order valence-corrected chi connectivity index (χ0v) is 16.8. The second-order valence-corrected chi connectivity index (χ2v) is 8.42. The van der Waals surface area contributed by atoms with Crippen LogP contribution in [0.1, 0.15) is 29.9 Å². The number of hydrogen-bond donors (Lipinski definition) is 2. The molecule has 2 aromatic rings. The third-order valence-corrected chi connectivity index (χ3v) is 5.79. The smallest absolute Gasteiger partial charge is 0.307 e. The summed E-state index contributed by atoms with van der Waals surface area (Å²) in [6.07, 6.45) is 2.05. The van der Waals surface area contributed by atoms with Gasteiger partial charge in [0.2, 0.25) is 0 Å². The highest BCUT2D eigenvalue weighted by Gasteiger charge is 2.24. The van der Waals surface area contributed by atoms with E-state index in [1.807, 2.05) is 24.3 Å². The zero-order valence-electron chi connectivity index (χ0n) is 14.5. The molecular weight excluding hydrogens is 407 g/mol. The number of carboxylic acid groups (broad SMARTS) is 1. The number of piperidine rings is 1. The number of aliphatic carboxylic acids is 1. The van der Waals surface area contributed by atoms with E-state index >= 15 is 0 Å². The van der Waals surface area contributed by atoms with Crippen LogP contribution in [0, 0.1) is 0 Å². The minimum absolute atomic E-state index is 0.0268. The van der Waals surface area contributed by atoms with Gasteiger partial charge < -0.3 is 5.11 Å². The van der Waals surface area contributed by atoms with Crippen molar-refractivity contribution in [3.05, 3.63) is 63.6 Å². The number of halogens is 2. The molecule has 2 N–H and O–H groups in total. The normalized spacial score (nSPS) is 17.7. The molecule has 1 fully saturated rings. The van der Waals surface area contributed by atoms with Crippen molar-refractivity contribution in [1.29, 1.82) is 0 Å². The predicted molar refractivity (Wildman–Crippen MR) is 110 cm³/mol. The van der Waals surface area contributed by atoms with Crippen LogP contribution in [0.3, 0.4) is 0 Å². The van der Waals surface area contributed by atoms with Crippen molar-refractivity contribution >= 4 is 47.0 Å². The number of benzene rings is 2. The van der Waals surface area contributed by atoms with Crippen molar-refractivity contribution in [1.82, 2.24) is 4.31 Å². The van der Waals surface area contributed by atoms with Gasteiger partial charge in [-0.05, 0) is 48.1 Å². The molecule has 1 atom stereocenters. The van der Waals surface area contributed by atoms with Crippen LogP contribution in [0.25, 0.3) is 0 Å². The van der Waals surface area contributed by atoms with Gasteiger partial charge in [0, 0.05) is 23.1 Å². The van der Waals surface area contributed by atoms with E-state index in [9.17, 15) is 10.0 Å². The van der Waals surface area contributed by atoms with Crippen LogP contribution in [0.4, 0.5) is 5.69 Å². The van der Waals surface area contributed by atoms with E-state index in [1.54, 1.807) is 18.2 Å². The van der Waals surface area contributed by atoms with E-state index in [0.29, 0.717) is 15.7 Å². The molecule has 3 rings (SSSR count). The van der Waals surface area contributed by atoms with Gasteiger partial charge in [0.05, 0.1) is 24.2 Å². The molecule has 0 spiro atoms. The molecule has 1 saturated heterocycles. The van der Waals surface area contributed by atoms with Crippen LogP contribution >= 0.6 is 35.3 Å². The highest BCUT2D eigenvalue weighted by molar-refractivity contribution is 7.98. The van der Waals surface area contributed by atoms with Gasteiger partial charge in [-0.1, -0.05) is 47.5 Å². The average molecular weight is 427 g/mol. The van der Waals surface area contributed by atoms with Crippen molar-refractivity contribution in [2.75, 3.05) is 17.6 Å². The molecule has 27 heavy (non-hydrogen) atoms. The van der Waals surface area contributed by atoms with E-state index < -0.39 is 5.97 Å². The fraction of sp³-hybridized carbons (Fsp3) is 0.316. The zero-order chi connectivity index (χ0) is 19.4. The largest absolute Gasteiger partial charge is 0.481 e. The summed E-state index contributed by atoms with van der Waals surface area (Å²) in [4.78, 5) is 10.9. The van der Waals surface area contributed by atoms with Crippen molar-refractivity contribution in [2.45, 2.75) is 25.2 Å². The van der Waals surface area contributed by atoms with Gasteiger partial charge in [-0.15, -0.1) is 0 Å². The summed E-state index contributed by atoms with van der Waals surface area (Å²) in [5, 5.41) is 20.3. The van der Waals surface area contributed by atoms with Crippen molar-refractivity contribution < 1.29 is 15.1 Å². The van der Waals surface area contributed by atoms with E-state index in [0.717, 1.165) is 41.5 Å². The van der Waals surface area contributed by atoms with E-state index in [1.165, 1.54) is 12.1 Å². The summed E-state index contributed by atoms with van der Waals surface area (Å²) in [7, 11) is 0. The van der Waals surface area contributed by atoms with Gasteiger partial charge in [0.25, 0.3) is 0 Å². The monoisotopic (exact) mass is 426 g/mol. The van der Waals surface area contributed by atoms with Crippen LogP contribution in [0.5, 0.6) is 0 Å². The maximum atomic E-state index is 10.9. The summed E-state index contributed by atoms with van der Waals surface area (Å²) in [5.74, 6) is -0.541. The Balaban J connectivity index is 1.66. The molecule has 1 heterocycles. The average Bonchev–Trinajstić information content (AvgIpc) is 2.61. The number of anilines is 1. The number of carbonyl (C=O) groups is 1. The number of carboxylic acids is 1. The maximum Gasteiger partial charge on any atom is 0.307 e. The SMILES string of the molecule is O=C(O)Cc1cccc(C2CCCN(SN(O)c3cc(Cl)cc(Cl)c3)C2)c1. The Morgan fingerprint density at radius 3 is 2.67 bits per heavy atom. The molecule has 5 nitrogen and oxygen atoms in total. The minimum Gasteiger partial charge on any atom is -0.481 e. The molecule has 144 valence electrons. The van der Waals surface area contributed by atoms with Crippen molar-refractivity contribution in [3.8, 4) is 0 Å². The van der Waals surface area contributed by atoms with Gasteiger partial charge >= 0.3 is 5.97 Å². The van der Waals surface area contributed by atoms with Gasteiger partial charge in [0.15, 0.2) is 0 Å². The molecule has 0 aromatic heterocycles. The minimum atomic E-state index is -0.830. The maximum absolute atomic E-state index is 10.9. The fourth-order valence-electron chi connectivity index (χ4n) is 3.23. The van der Waals surface area contributed by atoms with Crippen molar-refractivity contribution in [3.63, 3.8) is 0 Å². The van der Waals surface area contributed by atoms with Gasteiger partial charge in [-0.25, -0.2) is 4.31 Å². The van der Waals surface area contributed by atoms with Gasteiger partial charge in [-0.2, -0.15) is 4.47 Å². The number of nitrogens with zero attached hydrogens (tertiary/aromatic N) is 2. The summed E-state index contributed by atoms with van der Waals surface area (Å²) < 4.78 is 3.16. The molecule has 0 bridgehead atoms. The summed E-state index contributed by atoms with van der Waals surface area (Å²) in [6, 6.07) is 12.7. The molecular formula is C19H20Cl2N2O3S. The highest BCUT2D eigenvalue weighted by Crippen LogP contribution is 2.34. The van der Waals surface area contributed by atoms with Crippen LogP contribution in [-0.4, -0.2) is 33.7 Å². The quantitative estimate of drug-likeness (QED) is 0.485. The van der Waals surface area contributed by atoms with Crippen LogP contribution < -0.4 is 4.47 Å². The second kappa shape index (κ2) is 9.17. The topological polar surface area (TPSA) is 64.0 Å². The van der Waals surface area contributed by atoms with Gasteiger partial charge in [-0.3, -0.25) is 10.0 Å². The first-order valence-electron chi connectivity index (χ1n) is 8.59. The lowest BCUT2D eigenvalue weighted by atomic mass is 9.90. The second-order valence-electron chi connectivity index (χ2n) is 6.52. The highest BCUT2D eigenvalue weighted by atomic mass is 35.5. The molecule has 8 heteroatoms. The molecule has 1 aliphatic heterocycles. The summed E-state index contributed by atoms with van der Waals surface area (Å²) >= 11 is 13.2. The molecule has 0 amide bonds. The molecule has 1 unspecified atom stereocenters. The molecule has 1 aliphatic rings. The van der Waals surface area contributed by atoms with E-state index in [-0.39, 0.29) is 12.3 Å². The summed E-state index contributed by atoms with van der Waals surface area (Å²) in [6.45, 7) is 1.61. The van der Waals surface area contributed by atoms with E-state index in [4.69, 9.17) is 28.3 Å². The first-order valence-corrected chi connectivity index (χ1v) is 10.1. The predicted octanol–water partition coefficient (Wildman–Crippen LogP) is 5.26. The Bertz CT molecular complexity index is 801.